The fraction of sp³-hybridized carbons (Fsp3) is 0.464. The Morgan fingerprint density at radius 2 is 1.68 bits per heavy atom. The van der Waals surface area contributed by atoms with Gasteiger partial charge in [0, 0.05) is 18.9 Å². The second kappa shape index (κ2) is 18.8. The van der Waals surface area contributed by atoms with E-state index in [-0.39, 0.29) is 31.0 Å². The lowest BCUT2D eigenvalue weighted by Gasteiger charge is -2.23. The first kappa shape index (κ1) is 33.7. The van der Waals surface area contributed by atoms with Crippen LogP contribution < -0.4 is 26.8 Å². The molecule has 0 aromatic heterocycles. The Bertz CT molecular complexity index is 1020. The summed E-state index contributed by atoms with van der Waals surface area (Å²) in [6, 6.07) is 5.15. The van der Waals surface area contributed by atoms with Crippen molar-refractivity contribution in [1.82, 2.24) is 10.6 Å². The molecule has 0 spiro atoms. The monoisotopic (exact) mass is 559 g/mol. The molecule has 1 rings (SSSR count). The molecule has 0 radical (unpaired) electrons. The fourth-order valence-electron chi connectivity index (χ4n) is 3.79. The Morgan fingerprint density at radius 3 is 2.25 bits per heavy atom. The van der Waals surface area contributed by atoms with Gasteiger partial charge in [0.05, 0.1) is 20.3 Å². The van der Waals surface area contributed by atoms with Gasteiger partial charge in [0.15, 0.2) is 11.7 Å². The van der Waals surface area contributed by atoms with Gasteiger partial charge in [-0.05, 0) is 43.4 Å². The van der Waals surface area contributed by atoms with Crippen LogP contribution in [0.5, 0.6) is 5.75 Å². The molecular weight excluding hydrogens is 518 g/mol. The van der Waals surface area contributed by atoms with Gasteiger partial charge in [-0.2, -0.15) is 0 Å². The quantitative estimate of drug-likeness (QED) is 0.0645. The summed E-state index contributed by atoms with van der Waals surface area (Å²) in [5, 5.41) is 5.22. The Morgan fingerprint density at radius 1 is 0.975 bits per heavy atom. The van der Waals surface area contributed by atoms with Crippen molar-refractivity contribution < 1.29 is 33.4 Å². The van der Waals surface area contributed by atoms with Crippen LogP contribution in [0, 0.1) is 5.92 Å². The number of benzene rings is 1. The molecule has 40 heavy (non-hydrogen) atoms. The van der Waals surface area contributed by atoms with Crippen LogP contribution in [0.1, 0.15) is 37.7 Å². The number of hydrogen-bond acceptors (Lipinski definition) is 8. The van der Waals surface area contributed by atoms with Crippen LogP contribution in [0.4, 0.5) is 4.79 Å². The zero-order valence-electron chi connectivity index (χ0n) is 23.2. The highest BCUT2D eigenvalue weighted by Crippen LogP contribution is 2.19. The third-order valence-corrected chi connectivity index (χ3v) is 5.88. The van der Waals surface area contributed by atoms with Crippen LogP contribution in [0.25, 0.3) is 0 Å². The van der Waals surface area contributed by atoms with Crippen molar-refractivity contribution in [2.75, 3.05) is 27.4 Å². The summed E-state index contributed by atoms with van der Waals surface area (Å²) in [5.41, 5.74) is 11.5. The number of hydrogen-bond donors (Lipinski definition) is 4. The number of nitrogens with two attached hydrogens (primary N) is 2. The Hall–Kier alpha value is -4.35. The summed E-state index contributed by atoms with van der Waals surface area (Å²) in [6.45, 7) is 7.94. The molecule has 12 nitrogen and oxygen atoms in total. The first-order chi connectivity index (χ1) is 19.1. The highest BCUT2D eigenvalue weighted by atomic mass is 16.5. The highest BCUT2D eigenvalue weighted by molar-refractivity contribution is 5.93. The van der Waals surface area contributed by atoms with Crippen molar-refractivity contribution in [1.29, 1.82) is 0 Å². The Kier molecular flexibility index (Phi) is 15.9. The molecular formula is C28H41N5O7. The van der Waals surface area contributed by atoms with E-state index in [9.17, 15) is 19.2 Å². The van der Waals surface area contributed by atoms with Crippen LogP contribution in [0.15, 0.2) is 54.6 Å². The molecule has 1 aromatic carbocycles. The van der Waals surface area contributed by atoms with Gasteiger partial charge in [-0.1, -0.05) is 37.3 Å². The fourth-order valence-corrected chi connectivity index (χ4v) is 3.79. The summed E-state index contributed by atoms with van der Waals surface area (Å²) >= 11 is 0. The predicted octanol–water partition coefficient (Wildman–Crippen LogP) is 1.77. The maximum atomic E-state index is 13.5. The normalized spacial score (nSPS) is 12.6. The third-order valence-electron chi connectivity index (χ3n) is 5.88. The number of ketones is 1. The standard InChI is InChI=1S/C28H41N5O7/c1-5-9-22(26(36)38-3)32-25(35)20(10-7-8-15-31-27(29)30)18-24(34)23(33-28(37)39-4)17-19-11-13-21(14-12-19)40-16-6-2/h5-6,11-14,20,22-23H,1-2,7-10,15-18H2,3-4H3,(H,32,35)(H,33,37)(H4,29,30,31)/t20-,22+,23+/m1/s1. The summed E-state index contributed by atoms with van der Waals surface area (Å²) in [6.07, 6.45) is 3.89. The van der Waals surface area contributed by atoms with Gasteiger partial charge in [-0.3, -0.25) is 14.6 Å². The van der Waals surface area contributed by atoms with E-state index in [1.54, 1.807) is 30.3 Å². The van der Waals surface area contributed by atoms with E-state index in [1.807, 2.05) is 0 Å². The van der Waals surface area contributed by atoms with Crippen molar-refractivity contribution in [3.8, 4) is 5.75 Å². The maximum absolute atomic E-state index is 13.5. The SMILES string of the molecule is C=CCOc1ccc(C[C@H](NC(=O)OC)C(=O)C[C@@H](CCCCN=C(N)N)C(=O)N[C@@H](CC=C)C(=O)OC)cc1. The van der Waals surface area contributed by atoms with E-state index < -0.39 is 36.0 Å². The summed E-state index contributed by atoms with van der Waals surface area (Å²) in [4.78, 5) is 54.8. The van der Waals surface area contributed by atoms with Crippen molar-refractivity contribution in [2.24, 2.45) is 22.4 Å². The number of guanidine groups is 1. The molecule has 6 N–H and O–H groups in total. The second-order valence-electron chi connectivity index (χ2n) is 8.91. The van der Waals surface area contributed by atoms with Gasteiger partial charge in [-0.25, -0.2) is 9.59 Å². The van der Waals surface area contributed by atoms with E-state index in [1.165, 1.54) is 20.3 Å². The topological polar surface area (TPSA) is 184 Å². The van der Waals surface area contributed by atoms with E-state index >= 15 is 0 Å². The van der Waals surface area contributed by atoms with Gasteiger partial charge in [0.2, 0.25) is 5.91 Å². The zero-order valence-corrected chi connectivity index (χ0v) is 23.2. The number of Topliss-reactive ketones (excluding diaryl/α,β-unsaturated/α-hetero) is 1. The number of nitrogens with zero attached hydrogens (tertiary/aromatic N) is 1. The molecule has 0 saturated carbocycles. The van der Waals surface area contributed by atoms with Crippen LogP contribution in [0.3, 0.4) is 0 Å². The summed E-state index contributed by atoms with van der Waals surface area (Å²) < 4.78 is 15.0. The lowest BCUT2D eigenvalue weighted by atomic mass is 9.90. The van der Waals surface area contributed by atoms with Crippen molar-refractivity contribution in [2.45, 2.75) is 50.6 Å². The zero-order chi connectivity index (χ0) is 29.9. The smallest absolute Gasteiger partial charge is 0.407 e. The highest BCUT2D eigenvalue weighted by Gasteiger charge is 2.30. The molecule has 220 valence electrons. The second-order valence-corrected chi connectivity index (χ2v) is 8.91. The predicted molar refractivity (Wildman–Crippen MR) is 152 cm³/mol. The molecule has 3 atom stereocenters. The molecule has 12 heteroatoms. The van der Waals surface area contributed by atoms with E-state index in [0.29, 0.717) is 38.2 Å². The number of amides is 2. The lowest BCUT2D eigenvalue weighted by molar-refractivity contribution is -0.145. The summed E-state index contributed by atoms with van der Waals surface area (Å²) in [7, 11) is 2.42. The van der Waals surface area contributed by atoms with Crippen LogP contribution >= 0.6 is 0 Å². The molecule has 0 fully saturated rings. The molecule has 2 amide bonds. The summed E-state index contributed by atoms with van der Waals surface area (Å²) in [5.74, 6) is -1.69. The first-order valence-corrected chi connectivity index (χ1v) is 12.9. The van der Waals surface area contributed by atoms with Crippen LogP contribution in [0.2, 0.25) is 0 Å². The number of carbonyl (C=O) groups is 4. The Balaban J connectivity index is 3.09. The van der Waals surface area contributed by atoms with Gasteiger partial charge in [-0.15, -0.1) is 6.58 Å². The van der Waals surface area contributed by atoms with Crippen molar-refractivity contribution in [3.63, 3.8) is 0 Å². The molecule has 0 unspecified atom stereocenters. The van der Waals surface area contributed by atoms with Crippen LogP contribution in [-0.2, 0) is 30.3 Å². The number of esters is 1. The number of aliphatic imine (C=N–C) groups is 1. The number of methoxy groups -OCH3 is 2. The molecule has 0 aliphatic rings. The third kappa shape index (κ3) is 12.9. The van der Waals surface area contributed by atoms with Gasteiger partial charge in [0.25, 0.3) is 0 Å². The number of rotatable bonds is 19. The molecule has 1 aromatic rings. The van der Waals surface area contributed by atoms with Gasteiger partial charge in [0.1, 0.15) is 18.4 Å². The minimum absolute atomic E-state index is 0.0353. The lowest BCUT2D eigenvalue weighted by Crippen LogP contribution is -2.46. The van der Waals surface area contributed by atoms with E-state index in [0.717, 1.165) is 5.56 Å². The van der Waals surface area contributed by atoms with Gasteiger partial charge < -0.3 is 36.3 Å². The van der Waals surface area contributed by atoms with Crippen molar-refractivity contribution in [3.05, 3.63) is 55.1 Å². The van der Waals surface area contributed by atoms with Gasteiger partial charge >= 0.3 is 12.1 Å². The van der Waals surface area contributed by atoms with E-state index in [2.05, 4.69) is 28.8 Å². The average Bonchev–Trinajstić information content (AvgIpc) is 2.94. The minimum Gasteiger partial charge on any atom is -0.490 e. The number of ether oxygens (including phenoxy) is 3. The molecule has 0 aliphatic carbocycles. The van der Waals surface area contributed by atoms with Crippen molar-refractivity contribution >= 4 is 29.7 Å². The average molecular weight is 560 g/mol. The van der Waals surface area contributed by atoms with E-state index in [4.69, 9.17) is 25.7 Å². The number of nitrogens with one attached hydrogen (secondary N) is 2. The minimum atomic E-state index is -0.964. The van der Waals surface area contributed by atoms with Crippen LogP contribution in [-0.4, -0.2) is 69.2 Å². The number of alkyl carbamates (subject to hydrolysis) is 1. The Labute approximate surface area is 235 Å². The molecule has 0 bridgehead atoms. The number of carbonyl (C=O) groups excluding carboxylic acids is 4. The number of unbranched alkanes of at least 4 members (excludes halogenated alkanes) is 1. The maximum Gasteiger partial charge on any atom is 0.407 e. The molecule has 0 heterocycles. The molecule has 0 aliphatic heterocycles. The molecule has 0 saturated heterocycles. The first-order valence-electron chi connectivity index (χ1n) is 12.9. The largest absolute Gasteiger partial charge is 0.490 e.